The average Bonchev–Trinajstić information content (AvgIpc) is 2.45. The molecular weight excluding hydrogens is 224 g/mol. The highest BCUT2D eigenvalue weighted by Crippen LogP contribution is 2.21. The van der Waals surface area contributed by atoms with Crippen LogP contribution in [0.3, 0.4) is 0 Å². The second kappa shape index (κ2) is 6.53. The van der Waals surface area contributed by atoms with Crippen LogP contribution in [0.15, 0.2) is 24.3 Å². The van der Waals surface area contributed by atoms with Gasteiger partial charge in [0.1, 0.15) is 0 Å². The van der Waals surface area contributed by atoms with Gasteiger partial charge in [-0.05, 0) is 43.4 Å². The second-order valence-electron chi connectivity index (χ2n) is 4.91. The van der Waals surface area contributed by atoms with Gasteiger partial charge in [-0.25, -0.2) is 0 Å². The predicted octanol–water partition coefficient (Wildman–Crippen LogP) is 2.61. The molecule has 1 N–H and O–H groups in total. The van der Waals surface area contributed by atoms with Crippen LogP contribution in [-0.2, 0) is 11.3 Å². The molecule has 2 atom stereocenters. The zero-order chi connectivity index (χ0) is 12.8. The monoisotopic (exact) mass is 244 g/mol. The molecule has 1 aliphatic carbocycles. The van der Waals surface area contributed by atoms with Crippen LogP contribution < -0.4 is 5.32 Å². The lowest BCUT2D eigenvalue weighted by Crippen LogP contribution is -2.36. The summed E-state index contributed by atoms with van der Waals surface area (Å²) < 4.78 is 5.43. The fourth-order valence-electron chi connectivity index (χ4n) is 2.56. The molecule has 2 unspecified atom stereocenters. The minimum Gasteiger partial charge on any atom is -0.381 e. The summed E-state index contributed by atoms with van der Waals surface area (Å²) in [5.41, 5.74) is 1.90. The SMILES string of the molecule is COC1CCCC(NCc2cccc(C#N)c2)C1. The summed E-state index contributed by atoms with van der Waals surface area (Å²) in [5, 5.41) is 12.4. The molecule has 1 aliphatic rings. The highest BCUT2D eigenvalue weighted by Gasteiger charge is 2.20. The van der Waals surface area contributed by atoms with Gasteiger partial charge in [0.2, 0.25) is 0 Å². The van der Waals surface area contributed by atoms with E-state index in [-0.39, 0.29) is 0 Å². The van der Waals surface area contributed by atoms with E-state index in [0.29, 0.717) is 12.1 Å². The Bertz CT molecular complexity index is 425. The van der Waals surface area contributed by atoms with E-state index >= 15 is 0 Å². The molecule has 0 aliphatic heterocycles. The Labute approximate surface area is 109 Å². The first-order chi connectivity index (χ1) is 8.81. The van der Waals surface area contributed by atoms with Crippen LogP contribution in [0.5, 0.6) is 0 Å². The number of nitriles is 1. The summed E-state index contributed by atoms with van der Waals surface area (Å²) >= 11 is 0. The van der Waals surface area contributed by atoms with E-state index in [0.717, 1.165) is 18.5 Å². The Balaban J connectivity index is 1.85. The maximum atomic E-state index is 8.86. The Kier molecular flexibility index (Phi) is 4.74. The van der Waals surface area contributed by atoms with Gasteiger partial charge in [-0.2, -0.15) is 5.26 Å². The zero-order valence-corrected chi connectivity index (χ0v) is 10.9. The number of benzene rings is 1. The minimum atomic E-state index is 0.404. The summed E-state index contributed by atoms with van der Waals surface area (Å²) in [6.07, 6.45) is 5.13. The molecule has 0 spiro atoms. The molecule has 0 heterocycles. The van der Waals surface area contributed by atoms with Crippen molar-refractivity contribution >= 4 is 0 Å². The Morgan fingerprint density at radius 1 is 1.44 bits per heavy atom. The lowest BCUT2D eigenvalue weighted by atomic mass is 9.92. The first-order valence-corrected chi connectivity index (χ1v) is 6.57. The van der Waals surface area contributed by atoms with Crippen LogP contribution in [0.1, 0.15) is 36.8 Å². The summed E-state index contributed by atoms with van der Waals surface area (Å²) in [6, 6.07) is 10.5. The fourth-order valence-corrected chi connectivity index (χ4v) is 2.56. The van der Waals surface area contributed by atoms with Crippen molar-refractivity contribution in [2.75, 3.05) is 7.11 Å². The number of hydrogen-bond donors (Lipinski definition) is 1. The summed E-state index contributed by atoms with van der Waals surface area (Å²) in [6.45, 7) is 0.830. The average molecular weight is 244 g/mol. The first kappa shape index (κ1) is 13.1. The van der Waals surface area contributed by atoms with E-state index in [1.54, 1.807) is 7.11 Å². The van der Waals surface area contributed by atoms with Gasteiger partial charge >= 0.3 is 0 Å². The maximum Gasteiger partial charge on any atom is 0.0991 e. The number of nitrogens with one attached hydrogen (secondary N) is 1. The van der Waals surface area contributed by atoms with Crippen molar-refractivity contribution in [2.45, 2.75) is 44.4 Å². The zero-order valence-electron chi connectivity index (χ0n) is 10.9. The van der Waals surface area contributed by atoms with Gasteiger partial charge in [0.15, 0.2) is 0 Å². The lowest BCUT2D eigenvalue weighted by Gasteiger charge is -2.29. The van der Waals surface area contributed by atoms with E-state index < -0.39 is 0 Å². The molecule has 0 amide bonds. The predicted molar refractivity (Wildman–Crippen MR) is 71.0 cm³/mol. The van der Waals surface area contributed by atoms with Crippen molar-refractivity contribution in [3.05, 3.63) is 35.4 Å². The molecule has 2 rings (SSSR count). The fraction of sp³-hybridized carbons (Fsp3) is 0.533. The number of ether oxygens (including phenoxy) is 1. The molecule has 3 heteroatoms. The molecule has 0 aromatic heterocycles. The van der Waals surface area contributed by atoms with Gasteiger partial charge in [-0.3, -0.25) is 0 Å². The van der Waals surface area contributed by atoms with Crippen LogP contribution in [0, 0.1) is 11.3 Å². The van der Waals surface area contributed by atoms with E-state index in [4.69, 9.17) is 10.00 Å². The van der Waals surface area contributed by atoms with Gasteiger partial charge in [0, 0.05) is 19.7 Å². The minimum absolute atomic E-state index is 0.404. The summed E-state index contributed by atoms with van der Waals surface area (Å²) in [7, 11) is 1.80. The molecule has 0 radical (unpaired) electrons. The smallest absolute Gasteiger partial charge is 0.0991 e. The molecule has 1 aromatic rings. The van der Waals surface area contributed by atoms with Crippen molar-refractivity contribution in [3.63, 3.8) is 0 Å². The molecule has 96 valence electrons. The third-order valence-corrected chi connectivity index (χ3v) is 3.61. The molecule has 0 bridgehead atoms. The van der Waals surface area contributed by atoms with Crippen molar-refractivity contribution in [1.82, 2.24) is 5.32 Å². The van der Waals surface area contributed by atoms with Crippen molar-refractivity contribution in [3.8, 4) is 6.07 Å². The largest absolute Gasteiger partial charge is 0.381 e. The topological polar surface area (TPSA) is 45.0 Å². The number of nitrogens with zero attached hydrogens (tertiary/aromatic N) is 1. The van der Waals surface area contributed by atoms with E-state index in [1.807, 2.05) is 18.2 Å². The molecule has 18 heavy (non-hydrogen) atoms. The van der Waals surface area contributed by atoms with Crippen molar-refractivity contribution in [1.29, 1.82) is 5.26 Å². The van der Waals surface area contributed by atoms with Gasteiger partial charge in [-0.1, -0.05) is 12.1 Å². The third-order valence-electron chi connectivity index (χ3n) is 3.61. The standard InChI is InChI=1S/C15H20N2O/c1-18-15-7-3-6-14(9-15)17-11-13-5-2-4-12(8-13)10-16/h2,4-5,8,14-15,17H,3,6-7,9,11H2,1H3. The molecular formula is C15H20N2O. The number of methoxy groups -OCH3 is 1. The lowest BCUT2D eigenvalue weighted by molar-refractivity contribution is 0.0586. The molecule has 3 nitrogen and oxygen atoms in total. The molecule has 1 saturated carbocycles. The summed E-state index contributed by atoms with van der Waals surface area (Å²) in [4.78, 5) is 0. The van der Waals surface area contributed by atoms with E-state index in [2.05, 4.69) is 17.5 Å². The highest BCUT2D eigenvalue weighted by atomic mass is 16.5. The first-order valence-electron chi connectivity index (χ1n) is 6.57. The van der Waals surface area contributed by atoms with Crippen LogP contribution >= 0.6 is 0 Å². The number of hydrogen-bond acceptors (Lipinski definition) is 3. The van der Waals surface area contributed by atoms with E-state index in [9.17, 15) is 0 Å². The van der Waals surface area contributed by atoms with Gasteiger partial charge in [0.05, 0.1) is 17.7 Å². The quantitative estimate of drug-likeness (QED) is 0.885. The van der Waals surface area contributed by atoms with Gasteiger partial charge < -0.3 is 10.1 Å². The molecule has 1 fully saturated rings. The molecule has 0 saturated heterocycles. The third kappa shape index (κ3) is 3.56. The van der Waals surface area contributed by atoms with Crippen LogP contribution in [0.4, 0.5) is 0 Å². The Morgan fingerprint density at radius 3 is 3.11 bits per heavy atom. The van der Waals surface area contributed by atoms with E-state index in [1.165, 1.54) is 24.8 Å². The van der Waals surface area contributed by atoms with Gasteiger partial charge in [0.25, 0.3) is 0 Å². The number of rotatable bonds is 4. The normalized spacial score (nSPS) is 23.6. The summed E-state index contributed by atoms with van der Waals surface area (Å²) in [5.74, 6) is 0. The van der Waals surface area contributed by atoms with Crippen LogP contribution in [0.2, 0.25) is 0 Å². The van der Waals surface area contributed by atoms with Gasteiger partial charge in [-0.15, -0.1) is 0 Å². The van der Waals surface area contributed by atoms with Crippen molar-refractivity contribution < 1.29 is 4.74 Å². The highest BCUT2D eigenvalue weighted by molar-refractivity contribution is 5.32. The maximum absolute atomic E-state index is 8.86. The van der Waals surface area contributed by atoms with Crippen molar-refractivity contribution in [2.24, 2.45) is 0 Å². The van der Waals surface area contributed by atoms with Crippen LogP contribution in [0.25, 0.3) is 0 Å². The van der Waals surface area contributed by atoms with Crippen LogP contribution in [-0.4, -0.2) is 19.3 Å². The Morgan fingerprint density at radius 2 is 2.33 bits per heavy atom. The second-order valence-corrected chi connectivity index (χ2v) is 4.91. The Hall–Kier alpha value is -1.37. The molecule has 1 aromatic carbocycles.